The molecule has 0 fully saturated rings. The van der Waals surface area contributed by atoms with Crippen LogP contribution in [0, 0.1) is 13.8 Å². The van der Waals surface area contributed by atoms with E-state index in [0.29, 0.717) is 0 Å². The van der Waals surface area contributed by atoms with E-state index >= 15 is 0 Å². The van der Waals surface area contributed by atoms with Gasteiger partial charge in [-0.25, -0.2) is 4.98 Å². The smallest absolute Gasteiger partial charge is 0.0900 e. The zero-order chi connectivity index (χ0) is 11.5. The van der Waals surface area contributed by atoms with Crippen LogP contribution in [0.2, 0.25) is 0 Å². The molecule has 0 aliphatic rings. The van der Waals surface area contributed by atoms with Crippen molar-refractivity contribution in [3.63, 3.8) is 0 Å². The Balaban J connectivity index is 2.08. The average molecular weight is 297 g/mol. The van der Waals surface area contributed by atoms with Crippen LogP contribution in [-0.4, -0.2) is 4.98 Å². The van der Waals surface area contributed by atoms with Crippen molar-refractivity contribution >= 4 is 33.0 Å². The Morgan fingerprint density at radius 3 is 2.69 bits per heavy atom. The first kappa shape index (κ1) is 11.6. The van der Waals surface area contributed by atoms with Crippen LogP contribution >= 0.6 is 27.3 Å². The molecule has 0 aliphatic heterocycles. The fourth-order valence-electron chi connectivity index (χ4n) is 1.52. The van der Waals surface area contributed by atoms with E-state index in [1.807, 2.05) is 25.1 Å². The first-order valence-corrected chi connectivity index (χ1v) is 6.69. The Morgan fingerprint density at radius 2 is 2.06 bits per heavy atom. The van der Waals surface area contributed by atoms with Gasteiger partial charge in [-0.15, -0.1) is 11.3 Å². The highest BCUT2D eigenvalue weighted by Gasteiger charge is 2.05. The van der Waals surface area contributed by atoms with Crippen molar-refractivity contribution in [2.45, 2.75) is 20.4 Å². The van der Waals surface area contributed by atoms with Gasteiger partial charge in [-0.2, -0.15) is 0 Å². The number of aryl methyl sites for hydroxylation is 2. The number of rotatable bonds is 3. The molecule has 0 atom stereocenters. The Morgan fingerprint density at radius 1 is 1.31 bits per heavy atom. The number of anilines is 1. The van der Waals surface area contributed by atoms with Gasteiger partial charge in [0.05, 0.1) is 17.2 Å². The van der Waals surface area contributed by atoms with Gasteiger partial charge < -0.3 is 5.32 Å². The summed E-state index contributed by atoms with van der Waals surface area (Å²) in [5, 5.41) is 4.53. The normalized spacial score (nSPS) is 10.4. The second-order valence-electron chi connectivity index (χ2n) is 3.57. The molecule has 2 nitrogen and oxygen atoms in total. The Bertz CT molecular complexity index is 494. The van der Waals surface area contributed by atoms with Crippen LogP contribution in [0.25, 0.3) is 0 Å². The highest BCUT2D eigenvalue weighted by atomic mass is 79.9. The van der Waals surface area contributed by atoms with Gasteiger partial charge in [-0.05, 0) is 41.9 Å². The van der Waals surface area contributed by atoms with E-state index in [2.05, 4.69) is 39.2 Å². The summed E-state index contributed by atoms with van der Waals surface area (Å²) in [6, 6.07) is 8.13. The van der Waals surface area contributed by atoms with Crippen molar-refractivity contribution in [3.05, 3.63) is 44.3 Å². The summed E-state index contributed by atoms with van der Waals surface area (Å²) in [4.78, 5) is 5.71. The predicted octanol–water partition coefficient (Wildman–Crippen LogP) is 4.13. The maximum Gasteiger partial charge on any atom is 0.0900 e. The molecule has 4 heteroatoms. The lowest BCUT2D eigenvalue weighted by Crippen LogP contribution is -1.99. The third kappa shape index (κ3) is 2.62. The molecule has 0 unspecified atom stereocenters. The maximum atomic E-state index is 4.41. The number of halogens is 1. The molecule has 1 aromatic carbocycles. The van der Waals surface area contributed by atoms with E-state index < -0.39 is 0 Å². The molecule has 1 aromatic heterocycles. The lowest BCUT2D eigenvalue weighted by atomic mass is 10.3. The summed E-state index contributed by atoms with van der Waals surface area (Å²) in [7, 11) is 0. The van der Waals surface area contributed by atoms with Crippen LogP contribution in [0.4, 0.5) is 5.69 Å². The lowest BCUT2D eigenvalue weighted by molar-refractivity contribution is 1.11. The van der Waals surface area contributed by atoms with Crippen LogP contribution in [0.15, 0.2) is 28.7 Å². The second kappa shape index (κ2) is 4.97. The minimum atomic E-state index is 0.833. The first-order valence-electron chi connectivity index (χ1n) is 5.08. The van der Waals surface area contributed by atoms with Crippen molar-refractivity contribution in [2.75, 3.05) is 5.32 Å². The lowest BCUT2D eigenvalue weighted by Gasteiger charge is -2.07. The van der Waals surface area contributed by atoms with Crippen molar-refractivity contribution in [1.82, 2.24) is 4.98 Å². The second-order valence-corrected chi connectivity index (χ2v) is 5.72. The molecule has 1 N–H and O–H groups in total. The number of aromatic nitrogens is 1. The van der Waals surface area contributed by atoms with Crippen LogP contribution in [0.3, 0.4) is 0 Å². The van der Waals surface area contributed by atoms with Gasteiger partial charge in [0.1, 0.15) is 0 Å². The third-order valence-corrected chi connectivity index (χ3v) is 4.08. The average Bonchev–Trinajstić information content (AvgIpc) is 2.56. The number of nitrogens with zero attached hydrogens (tertiary/aromatic N) is 1. The summed E-state index contributed by atoms with van der Waals surface area (Å²) in [6.07, 6.45) is 0. The summed E-state index contributed by atoms with van der Waals surface area (Å²) in [5.41, 5.74) is 2.25. The number of benzene rings is 1. The molecule has 0 saturated carbocycles. The van der Waals surface area contributed by atoms with E-state index in [-0.39, 0.29) is 0 Å². The fourth-order valence-corrected chi connectivity index (χ4v) is 2.82. The third-order valence-electron chi connectivity index (χ3n) is 2.31. The van der Waals surface area contributed by atoms with Crippen molar-refractivity contribution < 1.29 is 0 Å². The number of para-hydroxylation sites is 1. The van der Waals surface area contributed by atoms with Crippen molar-refractivity contribution in [3.8, 4) is 0 Å². The number of hydrogen-bond acceptors (Lipinski definition) is 3. The standard InChI is InChI=1S/C12H13BrN2S/c1-8-12(16-9(2)15-8)7-14-11-6-4-3-5-10(11)13/h3-6,14H,7H2,1-2H3. The van der Waals surface area contributed by atoms with Crippen LogP contribution in [0.1, 0.15) is 15.6 Å². The SMILES string of the molecule is Cc1nc(C)c(CNc2ccccc2Br)s1. The number of thiazole rings is 1. The highest BCUT2D eigenvalue weighted by Crippen LogP contribution is 2.24. The first-order chi connectivity index (χ1) is 7.66. The molecule has 0 amide bonds. The molecule has 2 aromatic rings. The molecular weight excluding hydrogens is 284 g/mol. The Kier molecular flexibility index (Phi) is 3.61. The maximum absolute atomic E-state index is 4.41. The van der Waals surface area contributed by atoms with Crippen molar-refractivity contribution in [1.29, 1.82) is 0 Å². The van der Waals surface area contributed by atoms with E-state index in [0.717, 1.165) is 27.4 Å². The molecule has 84 valence electrons. The van der Waals surface area contributed by atoms with Gasteiger partial charge in [0.2, 0.25) is 0 Å². The molecule has 0 radical (unpaired) electrons. The summed E-state index contributed by atoms with van der Waals surface area (Å²) < 4.78 is 1.09. The summed E-state index contributed by atoms with van der Waals surface area (Å²) in [6.45, 7) is 4.93. The molecular formula is C12H13BrN2S. The number of nitrogens with one attached hydrogen (secondary N) is 1. The molecule has 2 rings (SSSR count). The van der Waals surface area contributed by atoms with Gasteiger partial charge in [0.15, 0.2) is 0 Å². The molecule has 0 saturated heterocycles. The topological polar surface area (TPSA) is 24.9 Å². The van der Waals surface area contributed by atoms with Gasteiger partial charge in [-0.3, -0.25) is 0 Å². The Labute approximate surface area is 108 Å². The minimum absolute atomic E-state index is 0.833. The largest absolute Gasteiger partial charge is 0.379 e. The van der Waals surface area contributed by atoms with Crippen LogP contribution in [0.5, 0.6) is 0 Å². The van der Waals surface area contributed by atoms with Gasteiger partial charge >= 0.3 is 0 Å². The molecule has 0 spiro atoms. The van der Waals surface area contributed by atoms with E-state index in [1.165, 1.54) is 4.88 Å². The van der Waals surface area contributed by atoms with Crippen LogP contribution in [-0.2, 0) is 6.54 Å². The highest BCUT2D eigenvalue weighted by molar-refractivity contribution is 9.10. The number of hydrogen-bond donors (Lipinski definition) is 1. The van der Waals surface area contributed by atoms with Gasteiger partial charge in [0, 0.05) is 15.0 Å². The molecule has 0 bridgehead atoms. The van der Waals surface area contributed by atoms with E-state index in [1.54, 1.807) is 11.3 Å². The monoisotopic (exact) mass is 296 g/mol. The Hall–Kier alpha value is -0.870. The molecule has 1 heterocycles. The fraction of sp³-hybridized carbons (Fsp3) is 0.250. The predicted molar refractivity (Wildman–Crippen MR) is 73.1 cm³/mol. The molecule has 0 aliphatic carbocycles. The van der Waals surface area contributed by atoms with E-state index in [9.17, 15) is 0 Å². The summed E-state index contributed by atoms with van der Waals surface area (Å²) in [5.74, 6) is 0. The molecule has 16 heavy (non-hydrogen) atoms. The van der Waals surface area contributed by atoms with Crippen molar-refractivity contribution in [2.24, 2.45) is 0 Å². The minimum Gasteiger partial charge on any atom is -0.379 e. The zero-order valence-electron chi connectivity index (χ0n) is 9.25. The zero-order valence-corrected chi connectivity index (χ0v) is 11.7. The van der Waals surface area contributed by atoms with Gasteiger partial charge in [-0.1, -0.05) is 12.1 Å². The van der Waals surface area contributed by atoms with Crippen LogP contribution < -0.4 is 5.32 Å². The van der Waals surface area contributed by atoms with Gasteiger partial charge in [0.25, 0.3) is 0 Å². The quantitative estimate of drug-likeness (QED) is 0.921. The summed E-state index contributed by atoms with van der Waals surface area (Å²) >= 11 is 5.27. The van der Waals surface area contributed by atoms with E-state index in [4.69, 9.17) is 0 Å².